The highest BCUT2D eigenvalue weighted by Gasteiger charge is 2.26. The predicted octanol–water partition coefficient (Wildman–Crippen LogP) is 3.11. The summed E-state index contributed by atoms with van der Waals surface area (Å²) in [5.41, 5.74) is 1.60. The molecule has 0 aliphatic rings. The van der Waals surface area contributed by atoms with E-state index in [0.29, 0.717) is 0 Å². The lowest BCUT2D eigenvalue weighted by atomic mass is 9.85. The SMILES string of the molecule is CCc1ccc([C@@](C)(O)C(C)C)cc1. The Labute approximate surface area is 86.8 Å². The smallest absolute Gasteiger partial charge is 0.0891 e. The van der Waals surface area contributed by atoms with Gasteiger partial charge in [-0.2, -0.15) is 0 Å². The number of aliphatic hydroxyl groups is 1. The molecule has 0 amide bonds. The first kappa shape index (κ1) is 11.3. The van der Waals surface area contributed by atoms with E-state index in [-0.39, 0.29) is 5.92 Å². The van der Waals surface area contributed by atoms with Crippen LogP contribution in [-0.4, -0.2) is 5.11 Å². The van der Waals surface area contributed by atoms with E-state index < -0.39 is 5.60 Å². The Morgan fingerprint density at radius 1 is 1.21 bits per heavy atom. The second kappa shape index (κ2) is 4.14. The van der Waals surface area contributed by atoms with Crippen molar-refractivity contribution in [3.05, 3.63) is 35.4 Å². The fourth-order valence-electron chi connectivity index (χ4n) is 1.41. The highest BCUT2D eigenvalue weighted by Crippen LogP contribution is 2.28. The second-order valence-corrected chi connectivity index (χ2v) is 4.35. The Morgan fingerprint density at radius 2 is 1.71 bits per heavy atom. The van der Waals surface area contributed by atoms with E-state index in [1.807, 2.05) is 32.9 Å². The van der Waals surface area contributed by atoms with Gasteiger partial charge in [0.05, 0.1) is 5.60 Å². The lowest BCUT2D eigenvalue weighted by Gasteiger charge is -2.28. The van der Waals surface area contributed by atoms with Crippen molar-refractivity contribution in [2.24, 2.45) is 5.92 Å². The van der Waals surface area contributed by atoms with E-state index in [0.717, 1.165) is 12.0 Å². The van der Waals surface area contributed by atoms with E-state index in [1.54, 1.807) is 0 Å². The zero-order valence-electron chi connectivity index (χ0n) is 9.54. The topological polar surface area (TPSA) is 20.2 Å². The van der Waals surface area contributed by atoms with Crippen LogP contribution in [0.5, 0.6) is 0 Å². The summed E-state index contributed by atoms with van der Waals surface area (Å²) in [6, 6.07) is 8.23. The monoisotopic (exact) mass is 192 g/mol. The minimum atomic E-state index is -0.716. The zero-order valence-corrected chi connectivity index (χ0v) is 9.54. The van der Waals surface area contributed by atoms with Crippen LogP contribution in [0.1, 0.15) is 38.8 Å². The molecule has 0 aliphatic carbocycles. The molecule has 1 rings (SSSR count). The quantitative estimate of drug-likeness (QED) is 0.780. The van der Waals surface area contributed by atoms with Gasteiger partial charge in [0.1, 0.15) is 0 Å². The molecule has 0 spiro atoms. The number of benzene rings is 1. The van der Waals surface area contributed by atoms with Gasteiger partial charge in [-0.1, -0.05) is 45.0 Å². The van der Waals surface area contributed by atoms with E-state index in [2.05, 4.69) is 19.1 Å². The van der Waals surface area contributed by atoms with Crippen molar-refractivity contribution in [2.45, 2.75) is 39.7 Å². The first-order chi connectivity index (χ1) is 6.48. The van der Waals surface area contributed by atoms with Gasteiger partial charge in [0.25, 0.3) is 0 Å². The van der Waals surface area contributed by atoms with Crippen molar-refractivity contribution in [2.75, 3.05) is 0 Å². The van der Waals surface area contributed by atoms with E-state index in [1.165, 1.54) is 5.56 Å². The van der Waals surface area contributed by atoms with Crippen LogP contribution in [-0.2, 0) is 12.0 Å². The normalized spacial score (nSPS) is 15.6. The fourth-order valence-corrected chi connectivity index (χ4v) is 1.41. The lowest BCUT2D eigenvalue weighted by Crippen LogP contribution is -2.27. The molecule has 1 N–H and O–H groups in total. The first-order valence-corrected chi connectivity index (χ1v) is 5.30. The van der Waals surface area contributed by atoms with Gasteiger partial charge in [-0.05, 0) is 30.4 Å². The molecule has 0 aliphatic heterocycles. The maximum atomic E-state index is 10.2. The summed E-state index contributed by atoms with van der Waals surface area (Å²) >= 11 is 0. The third-order valence-corrected chi connectivity index (χ3v) is 3.07. The molecule has 0 aromatic heterocycles. The van der Waals surface area contributed by atoms with Crippen molar-refractivity contribution in [1.82, 2.24) is 0 Å². The van der Waals surface area contributed by atoms with Crippen LogP contribution in [0.2, 0.25) is 0 Å². The molecule has 0 fully saturated rings. The highest BCUT2D eigenvalue weighted by atomic mass is 16.3. The van der Waals surface area contributed by atoms with Gasteiger partial charge < -0.3 is 5.11 Å². The van der Waals surface area contributed by atoms with Crippen molar-refractivity contribution in [3.63, 3.8) is 0 Å². The molecule has 0 saturated carbocycles. The molecule has 1 aromatic carbocycles. The van der Waals surface area contributed by atoms with E-state index in [9.17, 15) is 5.11 Å². The van der Waals surface area contributed by atoms with E-state index in [4.69, 9.17) is 0 Å². The van der Waals surface area contributed by atoms with Crippen LogP contribution >= 0.6 is 0 Å². The molecule has 0 saturated heterocycles. The summed E-state index contributed by atoms with van der Waals surface area (Å²) in [6.07, 6.45) is 1.05. The van der Waals surface area contributed by atoms with Crippen LogP contribution in [0.4, 0.5) is 0 Å². The summed E-state index contributed by atoms with van der Waals surface area (Å²) in [7, 11) is 0. The molecule has 1 atom stereocenters. The first-order valence-electron chi connectivity index (χ1n) is 5.30. The standard InChI is InChI=1S/C13H20O/c1-5-11-6-8-12(9-7-11)13(4,14)10(2)3/h6-10,14H,5H2,1-4H3/t13-/m0/s1. The minimum absolute atomic E-state index is 0.231. The Morgan fingerprint density at radius 3 is 2.07 bits per heavy atom. The molecule has 0 radical (unpaired) electrons. The average Bonchev–Trinajstić information content (AvgIpc) is 2.17. The average molecular weight is 192 g/mol. The van der Waals surface area contributed by atoms with Gasteiger partial charge in [0.2, 0.25) is 0 Å². The Bertz CT molecular complexity index is 283. The van der Waals surface area contributed by atoms with Crippen LogP contribution in [0.25, 0.3) is 0 Å². The maximum absolute atomic E-state index is 10.2. The second-order valence-electron chi connectivity index (χ2n) is 4.35. The lowest BCUT2D eigenvalue weighted by molar-refractivity contribution is 0.00904. The van der Waals surface area contributed by atoms with Crippen LogP contribution in [0.15, 0.2) is 24.3 Å². The molecular formula is C13H20O. The molecule has 1 nitrogen and oxygen atoms in total. The van der Waals surface area contributed by atoms with Crippen molar-refractivity contribution < 1.29 is 5.11 Å². The van der Waals surface area contributed by atoms with Gasteiger partial charge >= 0.3 is 0 Å². The fraction of sp³-hybridized carbons (Fsp3) is 0.538. The largest absolute Gasteiger partial charge is 0.385 e. The molecule has 78 valence electrons. The van der Waals surface area contributed by atoms with Gasteiger partial charge in [-0.3, -0.25) is 0 Å². The summed E-state index contributed by atoms with van der Waals surface area (Å²) in [4.78, 5) is 0. The molecule has 14 heavy (non-hydrogen) atoms. The Balaban J connectivity index is 2.97. The number of hydrogen-bond acceptors (Lipinski definition) is 1. The molecule has 0 heterocycles. The third-order valence-electron chi connectivity index (χ3n) is 3.07. The number of rotatable bonds is 3. The molecule has 0 bridgehead atoms. The van der Waals surface area contributed by atoms with Crippen molar-refractivity contribution in [1.29, 1.82) is 0 Å². The van der Waals surface area contributed by atoms with Crippen molar-refractivity contribution in [3.8, 4) is 0 Å². The Kier molecular flexibility index (Phi) is 3.33. The molecule has 0 unspecified atom stereocenters. The zero-order chi connectivity index (χ0) is 10.8. The summed E-state index contributed by atoms with van der Waals surface area (Å²) in [5, 5.41) is 10.2. The number of hydrogen-bond donors (Lipinski definition) is 1. The van der Waals surface area contributed by atoms with Crippen LogP contribution in [0.3, 0.4) is 0 Å². The predicted molar refractivity (Wildman–Crippen MR) is 60.2 cm³/mol. The molecular weight excluding hydrogens is 172 g/mol. The molecule has 1 aromatic rings. The van der Waals surface area contributed by atoms with Crippen LogP contribution in [0, 0.1) is 5.92 Å². The molecule has 1 heteroatoms. The highest BCUT2D eigenvalue weighted by molar-refractivity contribution is 5.27. The van der Waals surface area contributed by atoms with Gasteiger partial charge in [0.15, 0.2) is 0 Å². The Hall–Kier alpha value is -0.820. The summed E-state index contributed by atoms with van der Waals surface area (Å²) < 4.78 is 0. The third kappa shape index (κ3) is 2.16. The minimum Gasteiger partial charge on any atom is -0.385 e. The van der Waals surface area contributed by atoms with Crippen LogP contribution < -0.4 is 0 Å². The van der Waals surface area contributed by atoms with Crippen molar-refractivity contribution >= 4 is 0 Å². The van der Waals surface area contributed by atoms with Gasteiger partial charge in [-0.15, -0.1) is 0 Å². The summed E-state index contributed by atoms with van der Waals surface area (Å²) in [6.45, 7) is 8.08. The van der Waals surface area contributed by atoms with Gasteiger partial charge in [0, 0.05) is 0 Å². The number of aryl methyl sites for hydroxylation is 1. The maximum Gasteiger partial charge on any atom is 0.0891 e. The van der Waals surface area contributed by atoms with E-state index >= 15 is 0 Å². The summed E-state index contributed by atoms with van der Waals surface area (Å²) in [5.74, 6) is 0.231. The van der Waals surface area contributed by atoms with Gasteiger partial charge in [-0.25, -0.2) is 0 Å².